The number of carbonyl (C=O) groups excluding carboxylic acids is 1. The van der Waals surface area contributed by atoms with Crippen LogP contribution in [0.4, 0.5) is 0 Å². The van der Waals surface area contributed by atoms with Crippen molar-refractivity contribution in [1.82, 2.24) is 5.32 Å². The number of rotatable bonds is 7. The fraction of sp³-hybridized carbons (Fsp3) is 0.867. The molecule has 0 bridgehead atoms. The van der Waals surface area contributed by atoms with E-state index in [1.165, 1.54) is 0 Å². The maximum Gasteiger partial charge on any atom is 0.307 e. The average Bonchev–Trinajstić information content (AvgIpc) is 2.84. The first kappa shape index (κ1) is 16.0. The van der Waals surface area contributed by atoms with Gasteiger partial charge >= 0.3 is 5.97 Å². The monoisotopic (exact) mass is 269 g/mol. The fourth-order valence-corrected chi connectivity index (χ4v) is 2.99. The van der Waals surface area contributed by atoms with Crippen LogP contribution in [0.1, 0.15) is 52.9 Å². The van der Waals surface area contributed by atoms with Crippen LogP contribution in [0.5, 0.6) is 0 Å². The van der Waals surface area contributed by atoms with Gasteiger partial charge in [0.05, 0.1) is 11.8 Å². The van der Waals surface area contributed by atoms with Crippen molar-refractivity contribution in [2.45, 2.75) is 52.9 Å². The third kappa shape index (κ3) is 4.22. The number of hydrogen-bond acceptors (Lipinski definition) is 2. The zero-order valence-corrected chi connectivity index (χ0v) is 12.3. The maximum atomic E-state index is 12.2. The highest BCUT2D eigenvalue weighted by atomic mass is 16.4. The summed E-state index contributed by atoms with van der Waals surface area (Å²) in [6, 6.07) is 0. The molecule has 3 unspecified atom stereocenters. The first-order valence-electron chi connectivity index (χ1n) is 7.53. The minimum atomic E-state index is -0.821. The van der Waals surface area contributed by atoms with E-state index in [1.807, 2.05) is 0 Å². The number of carboxylic acid groups (broad SMARTS) is 1. The summed E-state index contributed by atoms with van der Waals surface area (Å²) in [6.07, 6.45) is 4.42. The van der Waals surface area contributed by atoms with Crippen molar-refractivity contribution in [3.63, 3.8) is 0 Å². The van der Waals surface area contributed by atoms with Gasteiger partial charge in [0.25, 0.3) is 0 Å². The third-order valence-electron chi connectivity index (χ3n) is 4.61. The molecular formula is C15H27NO3. The van der Waals surface area contributed by atoms with E-state index in [9.17, 15) is 14.7 Å². The average molecular weight is 269 g/mol. The summed E-state index contributed by atoms with van der Waals surface area (Å²) < 4.78 is 0. The van der Waals surface area contributed by atoms with E-state index in [-0.39, 0.29) is 11.8 Å². The number of amides is 1. The van der Waals surface area contributed by atoms with Crippen LogP contribution >= 0.6 is 0 Å². The van der Waals surface area contributed by atoms with Crippen LogP contribution < -0.4 is 5.32 Å². The van der Waals surface area contributed by atoms with Gasteiger partial charge in [-0.05, 0) is 24.7 Å². The molecular weight excluding hydrogens is 242 g/mol. The molecule has 0 saturated heterocycles. The van der Waals surface area contributed by atoms with E-state index in [1.54, 1.807) is 0 Å². The normalized spacial score (nSPS) is 26.6. The molecule has 0 radical (unpaired) electrons. The molecule has 0 aromatic heterocycles. The standard InChI is InChI=1S/C15H27NO3/c1-4-10(5-2)9-16-14(17)12-7-11(6-3)8-13(12)15(18)19/h10-13H,4-9H2,1-3H3,(H,16,17)(H,18,19). The van der Waals surface area contributed by atoms with E-state index < -0.39 is 11.9 Å². The van der Waals surface area contributed by atoms with Crippen molar-refractivity contribution in [3.05, 3.63) is 0 Å². The highest BCUT2D eigenvalue weighted by molar-refractivity contribution is 5.85. The number of hydrogen-bond donors (Lipinski definition) is 2. The van der Waals surface area contributed by atoms with Gasteiger partial charge in [-0.25, -0.2) is 0 Å². The zero-order valence-electron chi connectivity index (χ0n) is 12.3. The number of carbonyl (C=O) groups is 2. The Balaban J connectivity index is 2.56. The summed E-state index contributed by atoms with van der Waals surface area (Å²) in [5.74, 6) is -0.835. The topological polar surface area (TPSA) is 66.4 Å². The molecule has 1 aliphatic carbocycles. The summed E-state index contributed by atoms with van der Waals surface area (Å²) in [5.41, 5.74) is 0. The van der Waals surface area contributed by atoms with Crippen LogP contribution in [-0.2, 0) is 9.59 Å². The summed E-state index contributed by atoms with van der Waals surface area (Å²) in [7, 11) is 0. The molecule has 4 heteroatoms. The van der Waals surface area contributed by atoms with Crippen LogP contribution in [0.2, 0.25) is 0 Å². The SMILES string of the molecule is CCC(CC)CNC(=O)C1CC(CC)CC1C(=O)O. The third-order valence-corrected chi connectivity index (χ3v) is 4.61. The lowest BCUT2D eigenvalue weighted by Crippen LogP contribution is -2.37. The van der Waals surface area contributed by atoms with Gasteiger partial charge in [0.15, 0.2) is 0 Å². The molecule has 1 rings (SSSR count). The first-order chi connectivity index (χ1) is 9.03. The predicted octanol–water partition coefficient (Wildman–Crippen LogP) is 2.68. The molecule has 19 heavy (non-hydrogen) atoms. The zero-order chi connectivity index (χ0) is 14.4. The van der Waals surface area contributed by atoms with Crippen molar-refractivity contribution < 1.29 is 14.7 Å². The second-order valence-electron chi connectivity index (χ2n) is 5.72. The Morgan fingerprint density at radius 1 is 1.16 bits per heavy atom. The van der Waals surface area contributed by atoms with Crippen molar-refractivity contribution >= 4 is 11.9 Å². The smallest absolute Gasteiger partial charge is 0.307 e. The van der Waals surface area contributed by atoms with Crippen LogP contribution in [0.25, 0.3) is 0 Å². The quantitative estimate of drug-likeness (QED) is 0.746. The van der Waals surface area contributed by atoms with Gasteiger partial charge in [0.2, 0.25) is 5.91 Å². The fourth-order valence-electron chi connectivity index (χ4n) is 2.99. The van der Waals surface area contributed by atoms with Crippen molar-refractivity contribution in [3.8, 4) is 0 Å². The van der Waals surface area contributed by atoms with E-state index in [0.717, 1.165) is 25.7 Å². The Morgan fingerprint density at radius 2 is 1.74 bits per heavy atom. The summed E-state index contributed by atoms with van der Waals surface area (Å²) in [4.78, 5) is 23.4. The van der Waals surface area contributed by atoms with E-state index >= 15 is 0 Å². The van der Waals surface area contributed by atoms with Gasteiger partial charge in [-0.3, -0.25) is 9.59 Å². The Bertz CT molecular complexity index is 313. The van der Waals surface area contributed by atoms with Gasteiger partial charge in [-0.2, -0.15) is 0 Å². The van der Waals surface area contributed by atoms with Crippen LogP contribution in [-0.4, -0.2) is 23.5 Å². The number of nitrogens with one attached hydrogen (secondary N) is 1. The molecule has 0 aliphatic heterocycles. The Labute approximate surface area is 116 Å². The molecule has 1 fully saturated rings. The van der Waals surface area contributed by atoms with Crippen molar-refractivity contribution in [1.29, 1.82) is 0 Å². The molecule has 2 N–H and O–H groups in total. The van der Waals surface area contributed by atoms with Crippen LogP contribution in [0.3, 0.4) is 0 Å². The second-order valence-corrected chi connectivity index (χ2v) is 5.72. The largest absolute Gasteiger partial charge is 0.481 e. The van der Waals surface area contributed by atoms with Gasteiger partial charge in [-0.15, -0.1) is 0 Å². The minimum Gasteiger partial charge on any atom is -0.481 e. The van der Waals surface area contributed by atoms with Gasteiger partial charge < -0.3 is 10.4 Å². The summed E-state index contributed by atoms with van der Waals surface area (Å²) in [6.45, 7) is 6.96. The molecule has 4 nitrogen and oxygen atoms in total. The Morgan fingerprint density at radius 3 is 2.21 bits per heavy atom. The molecule has 3 atom stereocenters. The van der Waals surface area contributed by atoms with Gasteiger partial charge in [-0.1, -0.05) is 40.0 Å². The molecule has 0 spiro atoms. The highest BCUT2D eigenvalue weighted by Crippen LogP contribution is 2.38. The molecule has 0 aromatic carbocycles. The molecule has 1 aliphatic rings. The number of carboxylic acids is 1. The minimum absolute atomic E-state index is 0.0600. The molecule has 110 valence electrons. The summed E-state index contributed by atoms with van der Waals surface area (Å²) in [5, 5.41) is 12.2. The van der Waals surface area contributed by atoms with Crippen molar-refractivity contribution in [2.75, 3.05) is 6.54 Å². The highest BCUT2D eigenvalue weighted by Gasteiger charge is 2.41. The molecule has 0 heterocycles. The van der Waals surface area contributed by atoms with Gasteiger partial charge in [0, 0.05) is 6.54 Å². The lowest BCUT2D eigenvalue weighted by Gasteiger charge is -2.18. The lowest BCUT2D eigenvalue weighted by molar-refractivity contribution is -0.146. The number of aliphatic carboxylic acids is 1. The molecule has 1 amide bonds. The van der Waals surface area contributed by atoms with E-state index in [2.05, 4.69) is 26.1 Å². The predicted molar refractivity (Wildman–Crippen MR) is 74.7 cm³/mol. The van der Waals surface area contributed by atoms with Crippen LogP contribution in [0, 0.1) is 23.7 Å². The Kier molecular flexibility index (Phi) is 6.32. The van der Waals surface area contributed by atoms with Crippen molar-refractivity contribution in [2.24, 2.45) is 23.7 Å². The van der Waals surface area contributed by atoms with E-state index in [4.69, 9.17) is 0 Å². The summed E-state index contributed by atoms with van der Waals surface area (Å²) >= 11 is 0. The van der Waals surface area contributed by atoms with Crippen LogP contribution in [0.15, 0.2) is 0 Å². The van der Waals surface area contributed by atoms with E-state index in [0.29, 0.717) is 24.8 Å². The second kappa shape index (κ2) is 7.51. The Hall–Kier alpha value is -1.06. The first-order valence-corrected chi connectivity index (χ1v) is 7.53. The maximum absolute atomic E-state index is 12.2. The molecule has 0 aromatic rings. The van der Waals surface area contributed by atoms with Gasteiger partial charge in [0.1, 0.15) is 0 Å². The lowest BCUT2D eigenvalue weighted by atomic mass is 9.95. The molecule has 1 saturated carbocycles.